The molecule has 0 radical (unpaired) electrons. The fourth-order valence-corrected chi connectivity index (χ4v) is 3.46. The van der Waals surface area contributed by atoms with Crippen LogP contribution in [0.4, 0.5) is 0 Å². The number of carbonyl (C=O) groups is 1. The van der Waals surface area contributed by atoms with Gasteiger partial charge in [-0.2, -0.15) is 0 Å². The highest BCUT2D eigenvalue weighted by atomic mass is 16.5. The lowest BCUT2D eigenvalue weighted by Crippen LogP contribution is -2.05. The van der Waals surface area contributed by atoms with Gasteiger partial charge in [0.2, 0.25) is 0 Å². The molecular formula is C21H40O2. The second kappa shape index (κ2) is 16.3. The first-order valence-electron chi connectivity index (χ1n) is 10.6. The van der Waals surface area contributed by atoms with Crippen molar-refractivity contribution in [2.75, 3.05) is 6.61 Å². The van der Waals surface area contributed by atoms with Gasteiger partial charge in [0.1, 0.15) is 0 Å². The van der Waals surface area contributed by atoms with Crippen molar-refractivity contribution in [3.8, 4) is 0 Å². The van der Waals surface area contributed by atoms with Gasteiger partial charge in [0, 0.05) is 6.42 Å². The molecule has 2 heteroatoms. The molecule has 0 aromatic carbocycles. The van der Waals surface area contributed by atoms with E-state index in [0.29, 0.717) is 13.0 Å². The Labute approximate surface area is 144 Å². The number of hydrogen-bond donors (Lipinski definition) is 0. The molecule has 1 saturated heterocycles. The fraction of sp³-hybridized carbons (Fsp3) is 0.952. The van der Waals surface area contributed by atoms with Crippen LogP contribution in [0, 0.1) is 0 Å². The minimum absolute atomic E-state index is 0.0205. The number of ether oxygens (including phenoxy) is 1. The van der Waals surface area contributed by atoms with Crippen molar-refractivity contribution in [3.05, 3.63) is 0 Å². The van der Waals surface area contributed by atoms with Gasteiger partial charge in [-0.3, -0.25) is 4.79 Å². The summed E-state index contributed by atoms with van der Waals surface area (Å²) >= 11 is 0. The van der Waals surface area contributed by atoms with Crippen LogP contribution < -0.4 is 0 Å². The molecule has 0 N–H and O–H groups in total. The van der Waals surface area contributed by atoms with E-state index in [1.807, 2.05) is 0 Å². The van der Waals surface area contributed by atoms with Crippen molar-refractivity contribution >= 4 is 5.97 Å². The van der Waals surface area contributed by atoms with Crippen LogP contribution in [0.3, 0.4) is 0 Å². The molecule has 0 aromatic heterocycles. The molecule has 1 aliphatic rings. The summed E-state index contributed by atoms with van der Waals surface area (Å²) in [5, 5.41) is 0. The van der Waals surface area contributed by atoms with E-state index >= 15 is 0 Å². The summed E-state index contributed by atoms with van der Waals surface area (Å²) < 4.78 is 5.32. The zero-order valence-electron chi connectivity index (χ0n) is 15.5. The van der Waals surface area contributed by atoms with Crippen LogP contribution in [0.1, 0.15) is 122 Å². The molecule has 1 heterocycles. The number of esters is 1. The van der Waals surface area contributed by atoms with Crippen LogP contribution >= 0.6 is 0 Å². The third kappa shape index (κ3) is 14.8. The van der Waals surface area contributed by atoms with Gasteiger partial charge in [-0.15, -0.1) is 0 Å². The number of hydrogen-bond acceptors (Lipinski definition) is 2. The van der Waals surface area contributed by atoms with E-state index in [4.69, 9.17) is 4.74 Å². The molecule has 0 bridgehead atoms. The van der Waals surface area contributed by atoms with Crippen LogP contribution in [0.15, 0.2) is 0 Å². The first-order chi connectivity index (χ1) is 11.4. The highest BCUT2D eigenvalue weighted by molar-refractivity contribution is 5.69. The summed E-state index contributed by atoms with van der Waals surface area (Å²) in [6.07, 6.45) is 24.6. The summed E-state index contributed by atoms with van der Waals surface area (Å²) in [6, 6.07) is 0. The fourth-order valence-electron chi connectivity index (χ4n) is 3.46. The predicted octanol–water partition coefficient (Wildman–Crippen LogP) is 6.96. The average molecular weight is 325 g/mol. The van der Waals surface area contributed by atoms with Crippen molar-refractivity contribution in [1.29, 1.82) is 0 Å². The number of carbonyl (C=O) groups excluding carboxylic acids is 1. The lowest BCUT2D eigenvalue weighted by molar-refractivity contribution is -0.143. The largest absolute Gasteiger partial charge is 0.466 e. The number of cyclic esters (lactones) is 1. The van der Waals surface area contributed by atoms with Gasteiger partial charge in [-0.05, 0) is 12.8 Å². The standard InChI is InChI=1S/C21H40O2/c22-21-19-17-15-13-11-9-7-5-3-1-2-4-6-8-10-12-14-16-18-20-23-21/h1-20H2. The summed E-state index contributed by atoms with van der Waals surface area (Å²) in [4.78, 5) is 11.6. The third-order valence-corrected chi connectivity index (χ3v) is 5.04. The lowest BCUT2D eigenvalue weighted by atomic mass is 10.0. The van der Waals surface area contributed by atoms with Gasteiger partial charge >= 0.3 is 5.97 Å². The molecule has 0 aliphatic carbocycles. The van der Waals surface area contributed by atoms with Crippen molar-refractivity contribution in [2.24, 2.45) is 0 Å². The van der Waals surface area contributed by atoms with Gasteiger partial charge in [0.15, 0.2) is 0 Å². The molecule has 136 valence electrons. The topological polar surface area (TPSA) is 26.3 Å². The Morgan fingerprint density at radius 3 is 1.13 bits per heavy atom. The summed E-state index contributed by atoms with van der Waals surface area (Å²) in [5.74, 6) is 0.0205. The zero-order valence-corrected chi connectivity index (χ0v) is 15.5. The van der Waals surface area contributed by atoms with Gasteiger partial charge in [0.25, 0.3) is 0 Å². The van der Waals surface area contributed by atoms with Gasteiger partial charge in [-0.1, -0.05) is 103 Å². The Balaban J connectivity index is 2.08. The molecule has 1 fully saturated rings. The van der Waals surface area contributed by atoms with Crippen molar-refractivity contribution in [2.45, 2.75) is 122 Å². The average Bonchev–Trinajstić information content (AvgIpc) is 2.55. The lowest BCUT2D eigenvalue weighted by Gasteiger charge is -2.06. The highest BCUT2D eigenvalue weighted by Crippen LogP contribution is 2.15. The Bertz CT molecular complexity index is 239. The van der Waals surface area contributed by atoms with E-state index in [-0.39, 0.29) is 5.97 Å². The maximum absolute atomic E-state index is 11.6. The van der Waals surface area contributed by atoms with Gasteiger partial charge in [0.05, 0.1) is 6.61 Å². The van der Waals surface area contributed by atoms with Crippen LogP contribution in [0.2, 0.25) is 0 Å². The van der Waals surface area contributed by atoms with Gasteiger partial charge in [-0.25, -0.2) is 0 Å². The van der Waals surface area contributed by atoms with E-state index in [0.717, 1.165) is 12.8 Å². The Kier molecular flexibility index (Phi) is 14.6. The van der Waals surface area contributed by atoms with E-state index in [1.165, 1.54) is 103 Å². The van der Waals surface area contributed by atoms with E-state index < -0.39 is 0 Å². The van der Waals surface area contributed by atoms with Crippen LogP contribution in [0.5, 0.6) is 0 Å². The second-order valence-corrected chi connectivity index (χ2v) is 7.33. The van der Waals surface area contributed by atoms with Crippen molar-refractivity contribution < 1.29 is 9.53 Å². The smallest absolute Gasteiger partial charge is 0.305 e. The maximum Gasteiger partial charge on any atom is 0.305 e. The molecule has 0 atom stereocenters. The molecular weight excluding hydrogens is 284 g/mol. The van der Waals surface area contributed by atoms with Crippen molar-refractivity contribution in [1.82, 2.24) is 0 Å². The van der Waals surface area contributed by atoms with Crippen LogP contribution in [-0.2, 0) is 9.53 Å². The summed E-state index contributed by atoms with van der Waals surface area (Å²) in [5.41, 5.74) is 0. The zero-order chi connectivity index (χ0) is 16.4. The molecule has 1 rings (SSSR count). The van der Waals surface area contributed by atoms with Crippen LogP contribution in [0.25, 0.3) is 0 Å². The molecule has 23 heavy (non-hydrogen) atoms. The third-order valence-electron chi connectivity index (χ3n) is 5.04. The first kappa shape index (κ1) is 20.5. The normalized spacial score (nSPS) is 23.2. The Morgan fingerprint density at radius 2 is 0.739 bits per heavy atom. The monoisotopic (exact) mass is 324 g/mol. The van der Waals surface area contributed by atoms with Crippen molar-refractivity contribution in [3.63, 3.8) is 0 Å². The Morgan fingerprint density at radius 1 is 0.435 bits per heavy atom. The second-order valence-electron chi connectivity index (χ2n) is 7.33. The molecule has 0 spiro atoms. The Hall–Kier alpha value is -0.530. The van der Waals surface area contributed by atoms with Crippen LogP contribution in [-0.4, -0.2) is 12.6 Å². The minimum atomic E-state index is 0.0205. The van der Waals surface area contributed by atoms with E-state index in [2.05, 4.69) is 0 Å². The minimum Gasteiger partial charge on any atom is -0.466 e. The maximum atomic E-state index is 11.6. The highest BCUT2D eigenvalue weighted by Gasteiger charge is 2.02. The molecule has 1 aliphatic heterocycles. The predicted molar refractivity (Wildman–Crippen MR) is 98.7 cm³/mol. The molecule has 2 nitrogen and oxygen atoms in total. The molecule has 0 saturated carbocycles. The van der Waals surface area contributed by atoms with E-state index in [9.17, 15) is 4.79 Å². The first-order valence-corrected chi connectivity index (χ1v) is 10.6. The summed E-state index contributed by atoms with van der Waals surface area (Å²) in [7, 11) is 0. The van der Waals surface area contributed by atoms with E-state index in [1.54, 1.807) is 0 Å². The van der Waals surface area contributed by atoms with Gasteiger partial charge < -0.3 is 4.74 Å². The molecule has 0 aromatic rings. The number of rotatable bonds is 0. The molecule has 0 unspecified atom stereocenters. The molecule has 0 amide bonds. The quantitative estimate of drug-likeness (QED) is 0.450. The summed E-state index contributed by atoms with van der Waals surface area (Å²) in [6.45, 7) is 0.638. The SMILES string of the molecule is O=C1CCCCCCCCCCCCCCCCCCCCO1.